The van der Waals surface area contributed by atoms with Gasteiger partial charge in [-0.05, 0) is 86.9 Å². The molecule has 0 unspecified atom stereocenters. The molecule has 1 aromatic carbocycles. The Morgan fingerprint density at radius 2 is 1.78 bits per heavy atom. The van der Waals surface area contributed by atoms with Gasteiger partial charge in [-0.25, -0.2) is 22.6 Å². The van der Waals surface area contributed by atoms with E-state index in [9.17, 15) is 45.2 Å². The van der Waals surface area contributed by atoms with Gasteiger partial charge in [0.25, 0.3) is 5.91 Å². The molecule has 4 amide bonds. The highest BCUT2D eigenvalue weighted by Crippen LogP contribution is 2.47. The van der Waals surface area contributed by atoms with Crippen molar-refractivity contribution in [3.8, 4) is 11.6 Å². The fraction of sp³-hybridized carbons (Fsp3) is 0.667. The van der Waals surface area contributed by atoms with Crippen LogP contribution in [-0.4, -0.2) is 103 Å². The lowest BCUT2D eigenvalue weighted by Gasteiger charge is -2.34. The largest absolute Gasteiger partial charge is 0.497 e. The lowest BCUT2D eigenvalue weighted by atomic mass is 9.88. The van der Waals surface area contributed by atoms with Crippen LogP contribution >= 0.6 is 0 Å². The zero-order chi connectivity index (χ0) is 43.0. The minimum atomic E-state index is -4.93. The number of fused-ring (bicyclic) bond motifs is 1. The summed E-state index contributed by atoms with van der Waals surface area (Å²) in [7, 11) is -2.91. The normalized spacial score (nSPS) is 24.3. The van der Waals surface area contributed by atoms with Crippen LogP contribution in [0.4, 0.5) is 22.4 Å². The molecule has 19 heteroatoms. The first-order chi connectivity index (χ1) is 27.0. The third-order valence-corrected chi connectivity index (χ3v) is 13.8. The first-order valence-corrected chi connectivity index (χ1v) is 20.9. The van der Waals surface area contributed by atoms with E-state index in [0.717, 1.165) is 23.1 Å². The minimum Gasteiger partial charge on any atom is -0.497 e. The molecule has 58 heavy (non-hydrogen) atoms. The third-order valence-electron chi connectivity index (χ3n) is 11.7. The average molecular weight is 844 g/mol. The summed E-state index contributed by atoms with van der Waals surface area (Å²) in [6.45, 7) is 7.11. The number of carbonyl (C=O) groups is 4. The number of nitrogens with zero attached hydrogens (tertiary/aromatic N) is 2. The molecule has 0 radical (unpaired) electrons. The van der Waals surface area contributed by atoms with Crippen molar-refractivity contribution in [3.05, 3.63) is 30.5 Å². The lowest BCUT2D eigenvalue weighted by molar-refractivity contribution is -0.244. The van der Waals surface area contributed by atoms with Gasteiger partial charge in [0.2, 0.25) is 33.3 Å². The highest BCUT2D eigenvalue weighted by molar-refractivity contribution is 7.91. The van der Waals surface area contributed by atoms with E-state index in [1.54, 1.807) is 38.1 Å². The van der Waals surface area contributed by atoms with Gasteiger partial charge >= 0.3 is 12.3 Å². The SMILES string of the molecule is CCC[C@@H](C)C[C@@H](C)[C@H](NC(=O)OC(C)(C)C(F)(F)F)C(=O)N1C[C@H](Oc2nccc3cc(OC)ccc23)C[C@H]1C(=O)N[C@]1(C(=O)NS(=O)(=O)C2(CF)CC2)C[C@H]1C. The summed E-state index contributed by atoms with van der Waals surface area (Å²) in [5.41, 5.74) is -4.60. The van der Waals surface area contributed by atoms with Crippen LogP contribution in [0.25, 0.3) is 10.8 Å². The number of likely N-dealkylation sites (tertiary alicyclic amines) is 1. The number of rotatable bonds is 17. The zero-order valence-electron chi connectivity index (χ0n) is 33.7. The highest BCUT2D eigenvalue weighted by atomic mass is 32.2. The number of methoxy groups -OCH3 is 1. The van der Waals surface area contributed by atoms with E-state index in [4.69, 9.17) is 14.2 Å². The van der Waals surface area contributed by atoms with Crippen molar-refractivity contribution < 1.29 is 59.4 Å². The van der Waals surface area contributed by atoms with Crippen molar-refractivity contribution in [1.29, 1.82) is 0 Å². The monoisotopic (exact) mass is 843 g/mol. The number of hydrogen-bond acceptors (Lipinski definition) is 10. The Balaban J connectivity index is 1.47. The summed E-state index contributed by atoms with van der Waals surface area (Å²) in [5.74, 6) is -3.11. The Kier molecular flexibility index (Phi) is 12.8. The number of alkyl halides is 4. The molecule has 1 aliphatic heterocycles. The standard InChI is InChI=1S/C39H53F4N5O9S/c1-8-9-22(2)16-23(3)30(45-35(52)57-36(5,6)39(41,42)43)33(50)48-20-27(56-32-28-11-10-26(55-7)17-25(28)12-15-44-32)18-29(48)31(49)46-38(19-24(38)4)34(51)47-58(53,54)37(21-40)13-14-37/h10-12,15,17,22-24,27,29-30H,8-9,13-14,16,18-21H2,1-7H3,(H,45,52)(H,46,49)(H,47,51)/t22-,23-,24-,27-,29+,30+,38-/m1/s1. The van der Waals surface area contributed by atoms with Gasteiger partial charge in [-0.3, -0.25) is 19.1 Å². The molecule has 2 heterocycles. The molecular weight excluding hydrogens is 791 g/mol. The molecule has 5 rings (SSSR count). The number of amides is 4. The molecule has 1 saturated heterocycles. The molecule has 1 aromatic heterocycles. The van der Waals surface area contributed by atoms with Gasteiger partial charge in [0, 0.05) is 18.0 Å². The maximum absolute atomic E-state index is 14.7. The average Bonchev–Trinajstić information content (AvgIpc) is 4.03. The summed E-state index contributed by atoms with van der Waals surface area (Å²) in [5, 5.41) is 6.33. The molecule has 3 N–H and O–H groups in total. The zero-order valence-corrected chi connectivity index (χ0v) is 34.5. The van der Waals surface area contributed by atoms with Crippen molar-refractivity contribution in [1.82, 2.24) is 25.2 Å². The van der Waals surface area contributed by atoms with Crippen molar-refractivity contribution in [2.45, 2.75) is 127 Å². The summed E-state index contributed by atoms with van der Waals surface area (Å²) in [6.07, 6.45) is -3.91. The second kappa shape index (κ2) is 16.7. The van der Waals surface area contributed by atoms with Gasteiger partial charge in [-0.1, -0.05) is 40.5 Å². The number of alkyl carbamates (subject to hydrolysis) is 1. The van der Waals surface area contributed by atoms with Gasteiger partial charge < -0.3 is 29.7 Å². The second-order valence-corrected chi connectivity index (χ2v) is 18.7. The van der Waals surface area contributed by atoms with Gasteiger partial charge in [-0.15, -0.1) is 0 Å². The second-order valence-electron chi connectivity index (χ2n) is 16.6. The number of sulfonamides is 1. The fourth-order valence-corrected chi connectivity index (χ4v) is 8.97. The highest BCUT2D eigenvalue weighted by Gasteiger charge is 2.63. The predicted octanol–water partition coefficient (Wildman–Crippen LogP) is 5.33. The van der Waals surface area contributed by atoms with E-state index >= 15 is 0 Å². The van der Waals surface area contributed by atoms with Crippen LogP contribution in [0.2, 0.25) is 0 Å². The molecule has 0 bridgehead atoms. The van der Waals surface area contributed by atoms with Crippen molar-refractivity contribution in [3.63, 3.8) is 0 Å². The maximum atomic E-state index is 14.7. The first kappa shape index (κ1) is 44.7. The summed E-state index contributed by atoms with van der Waals surface area (Å²) >= 11 is 0. The third kappa shape index (κ3) is 9.23. The molecule has 2 aromatic rings. The Bertz CT molecular complexity index is 2000. The van der Waals surface area contributed by atoms with Gasteiger partial charge in [0.15, 0.2) is 0 Å². The van der Waals surface area contributed by atoms with E-state index in [-0.39, 0.29) is 44.0 Å². The predicted molar refractivity (Wildman–Crippen MR) is 204 cm³/mol. The number of benzene rings is 1. The maximum Gasteiger partial charge on any atom is 0.427 e. The number of carbonyl (C=O) groups excluding carboxylic acids is 4. The lowest BCUT2D eigenvalue weighted by Crippen LogP contribution is -2.60. The van der Waals surface area contributed by atoms with E-state index in [2.05, 4.69) is 15.6 Å². The minimum absolute atomic E-state index is 0.0345. The number of halogens is 4. The van der Waals surface area contributed by atoms with Crippen LogP contribution in [0.15, 0.2) is 30.5 Å². The molecule has 322 valence electrons. The van der Waals surface area contributed by atoms with Crippen LogP contribution in [0, 0.1) is 17.8 Å². The topological polar surface area (TPSA) is 182 Å². The van der Waals surface area contributed by atoms with E-state index in [0.29, 0.717) is 31.4 Å². The van der Waals surface area contributed by atoms with Crippen LogP contribution in [0.3, 0.4) is 0 Å². The van der Waals surface area contributed by atoms with E-state index in [1.807, 2.05) is 18.6 Å². The molecule has 3 fully saturated rings. The van der Waals surface area contributed by atoms with Crippen molar-refractivity contribution >= 4 is 44.6 Å². The van der Waals surface area contributed by atoms with E-state index in [1.165, 1.54) is 13.3 Å². The Hall–Kier alpha value is -4.42. The Morgan fingerprint density at radius 3 is 2.34 bits per heavy atom. The van der Waals surface area contributed by atoms with Gasteiger partial charge in [0.05, 0.1) is 13.7 Å². The first-order valence-electron chi connectivity index (χ1n) is 19.4. The summed E-state index contributed by atoms with van der Waals surface area (Å²) in [6, 6.07) is 4.10. The number of aromatic nitrogens is 1. The molecule has 7 atom stereocenters. The molecule has 14 nitrogen and oxygen atoms in total. The van der Waals surface area contributed by atoms with Gasteiger partial charge in [0.1, 0.15) is 40.9 Å². The molecule has 2 saturated carbocycles. The van der Waals surface area contributed by atoms with Crippen LogP contribution in [0.1, 0.15) is 86.5 Å². The number of pyridine rings is 1. The summed E-state index contributed by atoms with van der Waals surface area (Å²) < 4.78 is 97.5. The molecule has 3 aliphatic rings. The van der Waals surface area contributed by atoms with Gasteiger partial charge in [-0.2, -0.15) is 13.2 Å². The summed E-state index contributed by atoms with van der Waals surface area (Å²) in [4.78, 5) is 61.2. The Labute approximate surface area is 335 Å². The molecular formula is C39H53F4N5O9S. The smallest absolute Gasteiger partial charge is 0.427 e. The van der Waals surface area contributed by atoms with Crippen molar-refractivity contribution in [2.75, 3.05) is 20.3 Å². The number of hydrogen-bond donors (Lipinski definition) is 3. The van der Waals surface area contributed by atoms with Crippen LogP contribution < -0.4 is 24.8 Å². The van der Waals surface area contributed by atoms with Crippen molar-refractivity contribution in [2.24, 2.45) is 17.8 Å². The fourth-order valence-electron chi connectivity index (χ4n) is 7.55. The number of nitrogens with one attached hydrogen (secondary N) is 3. The molecule has 2 aliphatic carbocycles. The Morgan fingerprint density at radius 1 is 1.10 bits per heavy atom. The van der Waals surface area contributed by atoms with Crippen LogP contribution in [0.5, 0.6) is 11.6 Å². The van der Waals surface area contributed by atoms with E-state index < -0.39 is 92.6 Å². The quantitative estimate of drug-likeness (QED) is 0.176. The number of ether oxygens (including phenoxy) is 3. The van der Waals surface area contributed by atoms with Crippen LogP contribution in [-0.2, 0) is 29.1 Å². The molecule has 0 spiro atoms.